The maximum atomic E-state index is 11.7. The van der Waals surface area contributed by atoms with Crippen LogP contribution < -0.4 is 5.32 Å². The molecule has 2 rings (SSSR count). The third-order valence-electron chi connectivity index (χ3n) is 5.11. The first-order chi connectivity index (χ1) is 12.9. The average Bonchev–Trinajstić information content (AvgIpc) is 3.14. The highest BCUT2D eigenvalue weighted by atomic mass is 32.2. The zero-order valence-electron chi connectivity index (χ0n) is 17.0. The largest absolute Gasteiger partial charge is 0.357 e. The molecule has 0 bridgehead atoms. The summed E-state index contributed by atoms with van der Waals surface area (Å²) in [6.07, 6.45) is 8.82. The Morgan fingerprint density at radius 3 is 2.78 bits per heavy atom. The molecule has 1 aromatic rings. The Morgan fingerprint density at radius 1 is 1.41 bits per heavy atom. The number of nitrogens with one attached hydrogen (secondary N) is 1. The first-order valence-electron chi connectivity index (χ1n) is 9.82. The zero-order chi connectivity index (χ0) is 19.9. The molecule has 27 heavy (non-hydrogen) atoms. The maximum Gasteiger partial charge on any atom is 0.211 e. The second-order valence-electron chi connectivity index (χ2n) is 7.13. The number of hydrogen-bond donors (Lipinski definition) is 1. The van der Waals surface area contributed by atoms with Gasteiger partial charge in [-0.3, -0.25) is 4.99 Å². The van der Waals surface area contributed by atoms with Gasteiger partial charge in [-0.1, -0.05) is 13.8 Å². The Bertz CT molecular complexity index is 689. The summed E-state index contributed by atoms with van der Waals surface area (Å²) in [5.41, 5.74) is 0. The number of piperidine rings is 1. The quantitative estimate of drug-likeness (QED) is 0.407. The molecule has 0 aliphatic carbocycles. The van der Waals surface area contributed by atoms with Crippen molar-refractivity contribution in [1.82, 2.24) is 24.1 Å². The van der Waals surface area contributed by atoms with Crippen molar-refractivity contribution in [3.05, 3.63) is 18.7 Å². The maximum absolute atomic E-state index is 11.7. The van der Waals surface area contributed by atoms with E-state index in [1.165, 1.54) is 10.6 Å². The van der Waals surface area contributed by atoms with Gasteiger partial charge < -0.3 is 14.8 Å². The van der Waals surface area contributed by atoms with Crippen LogP contribution in [0, 0.1) is 5.92 Å². The van der Waals surface area contributed by atoms with Crippen LogP contribution in [0.15, 0.2) is 23.7 Å². The lowest BCUT2D eigenvalue weighted by atomic mass is 9.93. The number of nitrogens with zero attached hydrogens (tertiary/aromatic N) is 5. The first kappa shape index (κ1) is 21.7. The standard InChI is InChI=1S/C18H34N6O2S/c1-5-20-18(21-9-7-11-24(6-2)27(4,25)26)22-12-8-16(3)17(14-22)23-13-10-19-15-23/h10,13,15-17H,5-9,11-12,14H2,1-4H3,(H,20,21). The third-order valence-corrected chi connectivity index (χ3v) is 6.49. The van der Waals surface area contributed by atoms with Crippen LogP contribution in [-0.2, 0) is 10.0 Å². The van der Waals surface area contributed by atoms with E-state index in [1.54, 1.807) is 0 Å². The second kappa shape index (κ2) is 10.1. The van der Waals surface area contributed by atoms with E-state index in [2.05, 4.69) is 33.6 Å². The lowest BCUT2D eigenvalue weighted by Gasteiger charge is -2.39. The van der Waals surface area contributed by atoms with Crippen LogP contribution in [0.5, 0.6) is 0 Å². The molecule has 1 fully saturated rings. The minimum Gasteiger partial charge on any atom is -0.357 e. The molecule has 1 aromatic heterocycles. The molecular formula is C18H34N6O2S. The van der Waals surface area contributed by atoms with Gasteiger partial charge in [0.2, 0.25) is 10.0 Å². The van der Waals surface area contributed by atoms with E-state index in [0.29, 0.717) is 38.0 Å². The van der Waals surface area contributed by atoms with Gasteiger partial charge in [-0.25, -0.2) is 17.7 Å². The topological polar surface area (TPSA) is 82.8 Å². The van der Waals surface area contributed by atoms with Gasteiger partial charge >= 0.3 is 0 Å². The predicted molar refractivity (Wildman–Crippen MR) is 109 cm³/mol. The van der Waals surface area contributed by atoms with Gasteiger partial charge in [-0.05, 0) is 25.7 Å². The van der Waals surface area contributed by atoms with Crippen molar-refractivity contribution < 1.29 is 8.42 Å². The number of sulfonamides is 1. The fraction of sp³-hybridized carbons (Fsp3) is 0.778. The van der Waals surface area contributed by atoms with Crippen molar-refractivity contribution in [2.45, 2.75) is 39.7 Å². The van der Waals surface area contributed by atoms with Crippen LogP contribution in [0.2, 0.25) is 0 Å². The van der Waals surface area contributed by atoms with Gasteiger partial charge in [-0.2, -0.15) is 0 Å². The molecule has 9 heteroatoms. The van der Waals surface area contributed by atoms with Gasteiger partial charge in [0.25, 0.3) is 0 Å². The number of aromatic nitrogens is 2. The van der Waals surface area contributed by atoms with Crippen molar-refractivity contribution in [3.8, 4) is 0 Å². The predicted octanol–water partition coefficient (Wildman–Crippen LogP) is 1.40. The smallest absolute Gasteiger partial charge is 0.211 e. The van der Waals surface area contributed by atoms with E-state index >= 15 is 0 Å². The fourth-order valence-corrected chi connectivity index (χ4v) is 4.44. The zero-order valence-corrected chi connectivity index (χ0v) is 17.8. The van der Waals surface area contributed by atoms with Gasteiger partial charge in [0.15, 0.2) is 5.96 Å². The molecule has 0 radical (unpaired) electrons. The summed E-state index contributed by atoms with van der Waals surface area (Å²) in [5.74, 6) is 1.50. The highest BCUT2D eigenvalue weighted by molar-refractivity contribution is 7.88. The lowest BCUT2D eigenvalue weighted by Crippen LogP contribution is -2.49. The molecule has 154 valence electrons. The van der Waals surface area contributed by atoms with E-state index in [0.717, 1.165) is 32.0 Å². The lowest BCUT2D eigenvalue weighted by molar-refractivity contribution is 0.189. The fourth-order valence-electron chi connectivity index (χ4n) is 3.51. The number of likely N-dealkylation sites (tertiary alicyclic amines) is 1. The molecule has 2 atom stereocenters. The van der Waals surface area contributed by atoms with Crippen LogP contribution in [-0.4, -0.2) is 78.7 Å². The van der Waals surface area contributed by atoms with Gasteiger partial charge in [-0.15, -0.1) is 0 Å². The van der Waals surface area contributed by atoms with Gasteiger partial charge in [0.05, 0.1) is 18.6 Å². The van der Waals surface area contributed by atoms with Crippen LogP contribution >= 0.6 is 0 Å². The molecule has 2 unspecified atom stereocenters. The van der Waals surface area contributed by atoms with E-state index in [9.17, 15) is 8.42 Å². The van der Waals surface area contributed by atoms with Crippen LogP contribution in [0.4, 0.5) is 0 Å². The number of imidazole rings is 1. The molecule has 1 saturated heterocycles. The highest BCUT2D eigenvalue weighted by Gasteiger charge is 2.28. The minimum atomic E-state index is -3.13. The molecule has 0 aromatic carbocycles. The SMILES string of the molecule is CCNC(=NCCCN(CC)S(C)(=O)=O)N1CCC(C)C(n2ccnc2)C1. The van der Waals surface area contributed by atoms with Crippen molar-refractivity contribution in [2.24, 2.45) is 10.9 Å². The Kier molecular flexibility index (Phi) is 8.09. The summed E-state index contributed by atoms with van der Waals surface area (Å²) < 4.78 is 27.0. The van der Waals surface area contributed by atoms with Crippen molar-refractivity contribution in [2.75, 3.05) is 45.5 Å². The Balaban J connectivity index is 1.98. The van der Waals surface area contributed by atoms with Crippen molar-refractivity contribution >= 4 is 16.0 Å². The molecule has 0 saturated carbocycles. The molecule has 0 spiro atoms. The number of hydrogen-bond acceptors (Lipinski definition) is 4. The van der Waals surface area contributed by atoms with Crippen LogP contribution in [0.25, 0.3) is 0 Å². The van der Waals surface area contributed by atoms with E-state index in [4.69, 9.17) is 4.99 Å². The molecule has 1 aliphatic rings. The van der Waals surface area contributed by atoms with Crippen LogP contribution in [0.3, 0.4) is 0 Å². The molecule has 1 N–H and O–H groups in total. The van der Waals surface area contributed by atoms with E-state index < -0.39 is 10.0 Å². The van der Waals surface area contributed by atoms with Gasteiger partial charge in [0, 0.05) is 51.7 Å². The summed E-state index contributed by atoms with van der Waals surface area (Å²) in [4.78, 5) is 11.2. The molecular weight excluding hydrogens is 364 g/mol. The summed E-state index contributed by atoms with van der Waals surface area (Å²) in [6.45, 7) is 10.5. The Hall–Kier alpha value is -1.61. The molecule has 8 nitrogen and oxygen atoms in total. The molecule has 0 amide bonds. The minimum absolute atomic E-state index is 0.380. The summed E-state index contributed by atoms with van der Waals surface area (Å²) in [6, 6.07) is 0.380. The number of guanidine groups is 1. The van der Waals surface area contributed by atoms with Crippen molar-refractivity contribution in [3.63, 3.8) is 0 Å². The molecule has 1 aliphatic heterocycles. The summed E-state index contributed by atoms with van der Waals surface area (Å²) >= 11 is 0. The average molecular weight is 399 g/mol. The first-order valence-corrected chi connectivity index (χ1v) is 11.7. The molecule has 2 heterocycles. The summed E-state index contributed by atoms with van der Waals surface area (Å²) in [5, 5.41) is 3.38. The van der Waals surface area contributed by atoms with E-state index in [-0.39, 0.29) is 0 Å². The Morgan fingerprint density at radius 2 is 2.19 bits per heavy atom. The normalized spacial score (nSPS) is 21.7. The van der Waals surface area contributed by atoms with E-state index in [1.807, 2.05) is 25.6 Å². The summed E-state index contributed by atoms with van der Waals surface area (Å²) in [7, 11) is -3.13. The third kappa shape index (κ3) is 6.21. The van der Waals surface area contributed by atoms with Crippen LogP contribution in [0.1, 0.15) is 39.7 Å². The monoisotopic (exact) mass is 398 g/mol. The second-order valence-corrected chi connectivity index (χ2v) is 9.12. The Labute approximate surface area is 163 Å². The van der Waals surface area contributed by atoms with Crippen molar-refractivity contribution in [1.29, 1.82) is 0 Å². The number of rotatable bonds is 8. The van der Waals surface area contributed by atoms with Gasteiger partial charge in [0.1, 0.15) is 0 Å². The highest BCUT2D eigenvalue weighted by Crippen LogP contribution is 2.27. The number of aliphatic imine (C=N–C) groups is 1.